The summed E-state index contributed by atoms with van der Waals surface area (Å²) >= 11 is 0. The van der Waals surface area contributed by atoms with Gasteiger partial charge in [0.05, 0.1) is 0 Å². The lowest BCUT2D eigenvalue weighted by atomic mass is 10.1. The quantitative estimate of drug-likeness (QED) is 0.818. The minimum atomic E-state index is -1.00. The number of amides is 1. The first-order chi connectivity index (χ1) is 9.78. The number of hydrogen-bond donors (Lipinski definition) is 2. The normalized spacial score (nSPS) is 19.5. The standard InChI is InChI=1S/C17H21NO3/c1-11-6-12(4-5-15(19)20)8-13(7-11)16(21)18-10-14-9-17(14,2)3/h4-8,14H,9-10H2,1-3H3,(H,18,21)(H,19,20)/b5-4+. The van der Waals surface area contributed by atoms with E-state index in [1.54, 1.807) is 6.07 Å². The fourth-order valence-electron chi connectivity index (χ4n) is 2.45. The van der Waals surface area contributed by atoms with Gasteiger partial charge in [-0.3, -0.25) is 4.79 Å². The molecular formula is C17H21NO3. The summed E-state index contributed by atoms with van der Waals surface area (Å²) in [4.78, 5) is 22.7. The van der Waals surface area contributed by atoms with Crippen LogP contribution in [0.2, 0.25) is 0 Å². The summed E-state index contributed by atoms with van der Waals surface area (Å²) in [6, 6.07) is 5.37. The molecule has 1 aliphatic carbocycles. The SMILES string of the molecule is Cc1cc(/C=C/C(=O)O)cc(C(=O)NCC2CC2(C)C)c1. The van der Waals surface area contributed by atoms with Gasteiger partial charge < -0.3 is 10.4 Å². The van der Waals surface area contributed by atoms with E-state index in [9.17, 15) is 9.59 Å². The fourth-order valence-corrected chi connectivity index (χ4v) is 2.45. The second-order valence-electron chi connectivity index (χ2n) is 6.40. The van der Waals surface area contributed by atoms with Crippen LogP contribution in [0.5, 0.6) is 0 Å². The van der Waals surface area contributed by atoms with Gasteiger partial charge in [0.15, 0.2) is 0 Å². The Bertz CT molecular complexity index is 602. The Morgan fingerprint density at radius 1 is 1.38 bits per heavy atom. The number of carboxylic acids is 1. The van der Waals surface area contributed by atoms with Crippen molar-refractivity contribution in [2.75, 3.05) is 6.54 Å². The van der Waals surface area contributed by atoms with Gasteiger partial charge >= 0.3 is 5.97 Å². The molecule has 2 rings (SSSR count). The van der Waals surface area contributed by atoms with Gasteiger partial charge in [-0.2, -0.15) is 0 Å². The van der Waals surface area contributed by atoms with E-state index in [1.807, 2.05) is 19.1 Å². The number of nitrogens with one attached hydrogen (secondary N) is 1. The van der Waals surface area contributed by atoms with Crippen molar-refractivity contribution < 1.29 is 14.7 Å². The van der Waals surface area contributed by atoms with Gasteiger partial charge in [0, 0.05) is 18.2 Å². The molecule has 1 aromatic carbocycles. The zero-order chi connectivity index (χ0) is 15.6. The van der Waals surface area contributed by atoms with Crippen molar-refractivity contribution in [1.82, 2.24) is 5.32 Å². The van der Waals surface area contributed by atoms with Crippen LogP contribution in [0, 0.1) is 18.3 Å². The molecule has 2 N–H and O–H groups in total. The topological polar surface area (TPSA) is 66.4 Å². The third-order valence-electron chi connectivity index (χ3n) is 4.01. The van der Waals surface area contributed by atoms with Gasteiger partial charge in [0.2, 0.25) is 0 Å². The summed E-state index contributed by atoms with van der Waals surface area (Å²) in [6.45, 7) is 6.98. The lowest BCUT2D eigenvalue weighted by Crippen LogP contribution is -2.26. The number of hydrogen-bond acceptors (Lipinski definition) is 2. The molecule has 1 amide bonds. The summed E-state index contributed by atoms with van der Waals surface area (Å²) in [5.74, 6) is -0.553. The molecule has 0 aromatic heterocycles. The Morgan fingerprint density at radius 2 is 2.05 bits per heavy atom. The summed E-state index contributed by atoms with van der Waals surface area (Å²) in [7, 11) is 0. The van der Waals surface area contributed by atoms with E-state index in [1.165, 1.54) is 6.08 Å². The molecule has 1 aliphatic rings. The Morgan fingerprint density at radius 3 is 2.62 bits per heavy atom. The maximum atomic E-state index is 12.2. The van der Waals surface area contributed by atoms with Gasteiger partial charge in [-0.15, -0.1) is 0 Å². The fraction of sp³-hybridized carbons (Fsp3) is 0.412. The van der Waals surface area contributed by atoms with Crippen molar-refractivity contribution in [3.05, 3.63) is 41.0 Å². The Kier molecular flexibility index (Phi) is 4.16. The zero-order valence-electron chi connectivity index (χ0n) is 12.6. The van der Waals surface area contributed by atoms with E-state index in [0.29, 0.717) is 29.0 Å². The summed E-state index contributed by atoms with van der Waals surface area (Å²) in [6.07, 6.45) is 3.72. The number of aliphatic carboxylic acids is 1. The molecule has 1 atom stereocenters. The predicted octanol–water partition coefficient (Wildman–Crippen LogP) is 2.87. The number of aryl methyl sites for hydroxylation is 1. The maximum Gasteiger partial charge on any atom is 0.328 e. The molecule has 1 fully saturated rings. The van der Waals surface area contributed by atoms with Gasteiger partial charge in [0.1, 0.15) is 0 Å². The predicted molar refractivity (Wildman–Crippen MR) is 82.1 cm³/mol. The molecule has 1 saturated carbocycles. The van der Waals surface area contributed by atoms with E-state index in [2.05, 4.69) is 19.2 Å². The van der Waals surface area contributed by atoms with Crippen molar-refractivity contribution >= 4 is 18.0 Å². The number of benzene rings is 1. The minimum Gasteiger partial charge on any atom is -0.478 e. The Labute approximate surface area is 124 Å². The monoisotopic (exact) mass is 287 g/mol. The highest BCUT2D eigenvalue weighted by molar-refractivity contribution is 5.95. The molecule has 0 heterocycles. The number of carbonyl (C=O) groups excluding carboxylic acids is 1. The van der Waals surface area contributed by atoms with Crippen LogP contribution >= 0.6 is 0 Å². The van der Waals surface area contributed by atoms with E-state index in [4.69, 9.17) is 5.11 Å². The van der Waals surface area contributed by atoms with Crippen molar-refractivity contribution in [2.24, 2.45) is 11.3 Å². The average molecular weight is 287 g/mol. The van der Waals surface area contributed by atoms with Gasteiger partial charge in [0.25, 0.3) is 5.91 Å². The molecular weight excluding hydrogens is 266 g/mol. The van der Waals surface area contributed by atoms with Crippen LogP contribution in [0.4, 0.5) is 0 Å². The van der Waals surface area contributed by atoms with Crippen LogP contribution < -0.4 is 5.32 Å². The molecule has 1 aromatic rings. The zero-order valence-corrected chi connectivity index (χ0v) is 12.6. The summed E-state index contributed by atoms with van der Waals surface area (Å²) in [5, 5.41) is 11.6. The van der Waals surface area contributed by atoms with Crippen LogP contribution in [-0.2, 0) is 4.79 Å². The van der Waals surface area contributed by atoms with E-state index >= 15 is 0 Å². The number of carbonyl (C=O) groups is 2. The first-order valence-corrected chi connectivity index (χ1v) is 7.09. The smallest absolute Gasteiger partial charge is 0.328 e. The first-order valence-electron chi connectivity index (χ1n) is 7.09. The molecule has 0 spiro atoms. The number of rotatable bonds is 5. The van der Waals surface area contributed by atoms with Crippen molar-refractivity contribution in [3.8, 4) is 0 Å². The van der Waals surface area contributed by atoms with Crippen LogP contribution in [0.3, 0.4) is 0 Å². The van der Waals surface area contributed by atoms with Crippen LogP contribution in [0.1, 0.15) is 41.8 Å². The highest BCUT2D eigenvalue weighted by Crippen LogP contribution is 2.50. The van der Waals surface area contributed by atoms with Crippen molar-refractivity contribution in [2.45, 2.75) is 27.2 Å². The van der Waals surface area contributed by atoms with Crippen molar-refractivity contribution in [1.29, 1.82) is 0 Å². The Hall–Kier alpha value is -2.10. The second-order valence-corrected chi connectivity index (χ2v) is 6.40. The molecule has 0 bridgehead atoms. The van der Waals surface area contributed by atoms with Crippen LogP contribution in [0.15, 0.2) is 24.3 Å². The minimum absolute atomic E-state index is 0.105. The van der Waals surface area contributed by atoms with E-state index < -0.39 is 5.97 Å². The van der Waals surface area contributed by atoms with Crippen molar-refractivity contribution in [3.63, 3.8) is 0 Å². The largest absolute Gasteiger partial charge is 0.478 e. The maximum absolute atomic E-state index is 12.2. The molecule has 0 aliphatic heterocycles. The Balaban J connectivity index is 2.04. The first kappa shape index (κ1) is 15.3. The van der Waals surface area contributed by atoms with Crippen LogP contribution in [0.25, 0.3) is 6.08 Å². The highest BCUT2D eigenvalue weighted by Gasteiger charge is 2.45. The number of carboxylic acid groups (broad SMARTS) is 1. The molecule has 112 valence electrons. The van der Waals surface area contributed by atoms with Gasteiger partial charge in [-0.1, -0.05) is 19.9 Å². The summed E-state index contributed by atoms with van der Waals surface area (Å²) < 4.78 is 0. The van der Waals surface area contributed by atoms with E-state index in [-0.39, 0.29) is 5.91 Å². The van der Waals surface area contributed by atoms with Gasteiger partial charge in [-0.25, -0.2) is 4.79 Å². The van der Waals surface area contributed by atoms with Gasteiger partial charge in [-0.05, 0) is 54.0 Å². The molecule has 1 unspecified atom stereocenters. The second kappa shape index (κ2) is 5.72. The lowest BCUT2D eigenvalue weighted by molar-refractivity contribution is -0.131. The molecule has 4 nitrogen and oxygen atoms in total. The third kappa shape index (κ3) is 4.18. The highest BCUT2D eigenvalue weighted by atomic mass is 16.4. The molecule has 4 heteroatoms. The van der Waals surface area contributed by atoms with E-state index in [0.717, 1.165) is 18.1 Å². The third-order valence-corrected chi connectivity index (χ3v) is 4.01. The lowest BCUT2D eigenvalue weighted by Gasteiger charge is -2.08. The summed E-state index contributed by atoms with van der Waals surface area (Å²) in [5.41, 5.74) is 2.56. The average Bonchev–Trinajstić information content (AvgIpc) is 3.00. The molecule has 0 saturated heterocycles. The van der Waals surface area contributed by atoms with Crippen LogP contribution in [-0.4, -0.2) is 23.5 Å². The molecule has 21 heavy (non-hydrogen) atoms. The molecule has 0 radical (unpaired) electrons.